The Balaban J connectivity index is 1.14. The van der Waals surface area contributed by atoms with Crippen LogP contribution >= 0.6 is 0 Å². The second-order valence-electron chi connectivity index (χ2n) is 10.3. The Bertz CT molecular complexity index is 838. The lowest BCUT2D eigenvalue weighted by Gasteiger charge is -2.58. The first-order valence-corrected chi connectivity index (χ1v) is 11.7. The second kappa shape index (κ2) is 7.87. The standard InChI is InChI=1S/C23H31F3N4O2/c1-14(21(31)28-20-16-8-15-9-17(20)12-22(32,10-15)11-16)29-4-6-30(7-5-29)19-3-2-18(13-27-19)23(24,25)26/h2-3,13-17,20,32H,4-12H2,1H3,(H,28,31)/t14-,15?,16-,17+,20?,22?/m1/s1. The average molecular weight is 453 g/mol. The van der Waals surface area contributed by atoms with Crippen molar-refractivity contribution in [2.75, 3.05) is 31.1 Å². The van der Waals surface area contributed by atoms with Crippen LogP contribution in [0.2, 0.25) is 0 Å². The second-order valence-corrected chi connectivity index (χ2v) is 10.3. The van der Waals surface area contributed by atoms with Crippen LogP contribution in [-0.2, 0) is 11.0 Å². The van der Waals surface area contributed by atoms with Gasteiger partial charge in [0.05, 0.1) is 17.2 Å². The van der Waals surface area contributed by atoms with Crippen LogP contribution in [-0.4, -0.2) is 64.8 Å². The molecule has 4 saturated carbocycles. The van der Waals surface area contributed by atoms with E-state index in [-0.39, 0.29) is 18.0 Å². The third-order valence-corrected chi connectivity index (χ3v) is 8.19. The summed E-state index contributed by atoms with van der Waals surface area (Å²) < 4.78 is 38.2. The predicted molar refractivity (Wildman–Crippen MR) is 113 cm³/mol. The molecule has 0 aromatic carbocycles. The van der Waals surface area contributed by atoms with E-state index >= 15 is 0 Å². The first kappa shape index (κ1) is 21.9. The van der Waals surface area contributed by atoms with Gasteiger partial charge in [-0.05, 0) is 68.9 Å². The summed E-state index contributed by atoms with van der Waals surface area (Å²) in [6, 6.07) is 2.37. The zero-order valence-corrected chi connectivity index (χ0v) is 18.3. The fourth-order valence-corrected chi connectivity index (χ4v) is 6.75. The number of pyridine rings is 1. The highest BCUT2D eigenvalue weighted by atomic mass is 19.4. The van der Waals surface area contributed by atoms with Crippen molar-refractivity contribution >= 4 is 11.7 Å². The number of anilines is 1. The molecule has 6 atom stereocenters. The summed E-state index contributed by atoms with van der Waals surface area (Å²) in [5.74, 6) is 1.93. The van der Waals surface area contributed by atoms with Gasteiger partial charge in [0.15, 0.2) is 0 Å². The Labute approximate surface area is 186 Å². The molecule has 4 bridgehead atoms. The van der Waals surface area contributed by atoms with Crippen molar-refractivity contribution in [3.05, 3.63) is 23.9 Å². The van der Waals surface area contributed by atoms with Gasteiger partial charge in [-0.2, -0.15) is 13.2 Å². The molecule has 1 aliphatic heterocycles. The third-order valence-electron chi connectivity index (χ3n) is 8.19. The molecule has 6 rings (SSSR count). The van der Waals surface area contributed by atoms with Crippen molar-refractivity contribution in [1.29, 1.82) is 0 Å². The minimum Gasteiger partial charge on any atom is -0.390 e. The number of carbonyl (C=O) groups is 1. The number of carbonyl (C=O) groups excluding carboxylic acids is 1. The van der Waals surface area contributed by atoms with Crippen LogP contribution in [0.5, 0.6) is 0 Å². The molecule has 5 fully saturated rings. The van der Waals surface area contributed by atoms with E-state index < -0.39 is 17.3 Å². The molecule has 1 saturated heterocycles. The van der Waals surface area contributed by atoms with E-state index in [1.54, 1.807) is 0 Å². The quantitative estimate of drug-likeness (QED) is 0.735. The molecule has 9 heteroatoms. The van der Waals surface area contributed by atoms with Gasteiger partial charge in [0.25, 0.3) is 0 Å². The Morgan fingerprint density at radius 1 is 1.16 bits per heavy atom. The number of nitrogens with one attached hydrogen (secondary N) is 1. The van der Waals surface area contributed by atoms with Gasteiger partial charge in [0.1, 0.15) is 5.82 Å². The smallest absolute Gasteiger partial charge is 0.390 e. The van der Waals surface area contributed by atoms with Gasteiger partial charge in [-0.15, -0.1) is 0 Å². The van der Waals surface area contributed by atoms with Crippen LogP contribution in [0.4, 0.5) is 19.0 Å². The molecule has 2 heterocycles. The highest BCUT2D eigenvalue weighted by Crippen LogP contribution is 2.55. The number of aliphatic hydroxyl groups is 1. The molecular formula is C23H31F3N4O2. The molecule has 4 aliphatic carbocycles. The number of alkyl halides is 3. The lowest BCUT2D eigenvalue weighted by molar-refractivity contribution is -0.148. The first-order chi connectivity index (χ1) is 15.1. The van der Waals surface area contributed by atoms with Gasteiger partial charge in [0, 0.05) is 38.4 Å². The van der Waals surface area contributed by atoms with E-state index in [2.05, 4.69) is 15.2 Å². The molecular weight excluding hydrogens is 421 g/mol. The van der Waals surface area contributed by atoms with E-state index in [0.29, 0.717) is 49.8 Å². The van der Waals surface area contributed by atoms with Crippen LogP contribution < -0.4 is 10.2 Å². The number of halogens is 3. The Morgan fingerprint density at radius 2 is 1.81 bits per heavy atom. The minimum absolute atomic E-state index is 0.0376. The van der Waals surface area contributed by atoms with Gasteiger partial charge in [-0.25, -0.2) is 4.98 Å². The number of nitrogens with zero attached hydrogens (tertiary/aromatic N) is 3. The summed E-state index contributed by atoms with van der Waals surface area (Å²) >= 11 is 0. The summed E-state index contributed by atoms with van der Waals surface area (Å²) in [6.45, 7) is 4.44. The lowest BCUT2D eigenvalue weighted by Crippen LogP contribution is -2.63. The SMILES string of the molecule is C[C@H](C(=O)NC1[C@@H]2CC3C[C@H]1CC(O)(C3)C2)N1CCN(c2ccc(C(F)(F)F)cn2)CC1. The largest absolute Gasteiger partial charge is 0.417 e. The number of piperazine rings is 1. The highest BCUT2D eigenvalue weighted by Gasteiger charge is 2.55. The predicted octanol–water partition coefficient (Wildman–Crippen LogP) is 2.67. The monoisotopic (exact) mass is 452 g/mol. The Kier molecular flexibility index (Phi) is 5.40. The van der Waals surface area contributed by atoms with Crippen molar-refractivity contribution in [2.24, 2.45) is 17.8 Å². The van der Waals surface area contributed by atoms with Gasteiger partial charge in [0.2, 0.25) is 5.91 Å². The van der Waals surface area contributed by atoms with Crippen molar-refractivity contribution in [3.8, 4) is 0 Å². The fourth-order valence-electron chi connectivity index (χ4n) is 6.75. The Hall–Kier alpha value is -1.87. The van der Waals surface area contributed by atoms with Crippen molar-refractivity contribution < 1.29 is 23.1 Å². The van der Waals surface area contributed by atoms with Crippen molar-refractivity contribution in [2.45, 2.75) is 62.9 Å². The zero-order chi connectivity index (χ0) is 22.7. The van der Waals surface area contributed by atoms with Crippen LogP contribution in [0.3, 0.4) is 0 Å². The molecule has 1 aromatic heterocycles. The van der Waals surface area contributed by atoms with Crippen LogP contribution in [0.25, 0.3) is 0 Å². The van der Waals surface area contributed by atoms with E-state index in [1.165, 1.54) is 6.07 Å². The summed E-state index contributed by atoms with van der Waals surface area (Å²) in [5, 5.41) is 14.1. The van der Waals surface area contributed by atoms with Crippen LogP contribution in [0, 0.1) is 17.8 Å². The number of hydrogen-bond donors (Lipinski definition) is 2. The maximum Gasteiger partial charge on any atom is 0.417 e. The highest BCUT2D eigenvalue weighted by molar-refractivity contribution is 5.81. The lowest BCUT2D eigenvalue weighted by atomic mass is 9.52. The summed E-state index contributed by atoms with van der Waals surface area (Å²) in [6.07, 6.45) is 1.24. The molecule has 6 nitrogen and oxygen atoms in total. The molecule has 5 aliphatic rings. The van der Waals surface area contributed by atoms with E-state index in [4.69, 9.17) is 0 Å². The maximum absolute atomic E-state index is 13.0. The van der Waals surface area contributed by atoms with Gasteiger partial charge in [-0.3, -0.25) is 9.69 Å². The maximum atomic E-state index is 13.0. The van der Waals surface area contributed by atoms with Crippen LogP contribution in [0.15, 0.2) is 18.3 Å². The number of amides is 1. The van der Waals surface area contributed by atoms with Crippen LogP contribution in [0.1, 0.15) is 44.6 Å². The molecule has 0 spiro atoms. The van der Waals surface area contributed by atoms with Gasteiger partial charge >= 0.3 is 6.18 Å². The summed E-state index contributed by atoms with van der Waals surface area (Å²) in [5.41, 5.74) is -1.26. The normalized spacial score (nSPS) is 35.7. The topological polar surface area (TPSA) is 68.7 Å². The zero-order valence-electron chi connectivity index (χ0n) is 18.3. The Morgan fingerprint density at radius 3 is 2.34 bits per heavy atom. The van der Waals surface area contributed by atoms with E-state index in [0.717, 1.165) is 44.4 Å². The molecule has 176 valence electrons. The first-order valence-electron chi connectivity index (χ1n) is 11.7. The van der Waals surface area contributed by atoms with Crippen molar-refractivity contribution in [1.82, 2.24) is 15.2 Å². The average Bonchev–Trinajstić information content (AvgIpc) is 2.74. The van der Waals surface area contributed by atoms with Gasteiger partial charge < -0.3 is 15.3 Å². The third kappa shape index (κ3) is 4.09. The minimum atomic E-state index is -4.39. The number of rotatable bonds is 4. The van der Waals surface area contributed by atoms with E-state index in [9.17, 15) is 23.1 Å². The summed E-state index contributed by atoms with van der Waals surface area (Å²) in [7, 11) is 0. The number of hydrogen-bond acceptors (Lipinski definition) is 5. The number of aromatic nitrogens is 1. The van der Waals surface area contributed by atoms with Gasteiger partial charge in [-0.1, -0.05) is 0 Å². The van der Waals surface area contributed by atoms with E-state index in [1.807, 2.05) is 11.8 Å². The molecule has 2 N–H and O–H groups in total. The van der Waals surface area contributed by atoms with Crippen molar-refractivity contribution in [3.63, 3.8) is 0 Å². The summed E-state index contributed by atoms with van der Waals surface area (Å²) in [4.78, 5) is 21.1. The molecule has 32 heavy (non-hydrogen) atoms. The molecule has 0 radical (unpaired) electrons. The molecule has 1 aromatic rings. The molecule has 3 unspecified atom stereocenters. The fraction of sp³-hybridized carbons (Fsp3) is 0.739. The molecule has 1 amide bonds.